The van der Waals surface area contributed by atoms with E-state index in [1.165, 1.54) is 11.8 Å². The third-order valence-electron chi connectivity index (χ3n) is 6.40. The molecule has 3 atom stereocenters. The van der Waals surface area contributed by atoms with E-state index in [9.17, 15) is 24.3 Å². The number of aliphatic carboxylic acids is 1. The number of benzene rings is 1. The Kier molecular flexibility index (Phi) is 8.73. The summed E-state index contributed by atoms with van der Waals surface area (Å²) in [6, 6.07) is 8.60. The molecule has 7 nitrogen and oxygen atoms in total. The summed E-state index contributed by atoms with van der Waals surface area (Å²) in [5.41, 5.74) is 0.933. The molecule has 0 unspecified atom stereocenters. The summed E-state index contributed by atoms with van der Waals surface area (Å²) in [6.45, 7) is 1.08. The highest BCUT2D eigenvalue weighted by Crippen LogP contribution is 2.34. The Morgan fingerprint density at radius 2 is 1.78 bits per heavy atom. The minimum absolute atomic E-state index is 0.0882. The molecule has 0 radical (unpaired) electrons. The second kappa shape index (κ2) is 11.5. The molecule has 0 aromatic heterocycles. The molecule has 1 saturated carbocycles. The van der Waals surface area contributed by atoms with Crippen molar-refractivity contribution in [1.82, 2.24) is 10.2 Å². The van der Waals surface area contributed by atoms with Gasteiger partial charge in [0.2, 0.25) is 11.8 Å². The molecule has 1 aromatic carbocycles. The minimum atomic E-state index is -1.04. The number of carbonyl (C=O) groups is 4. The molecule has 2 amide bonds. The number of carbonyl (C=O) groups excluding carboxylic acids is 3. The molecule has 2 fully saturated rings. The largest absolute Gasteiger partial charge is 0.480 e. The third kappa shape index (κ3) is 6.58. The van der Waals surface area contributed by atoms with Crippen molar-refractivity contribution >= 4 is 34.7 Å². The highest BCUT2D eigenvalue weighted by molar-refractivity contribution is 8.14. The lowest BCUT2D eigenvalue weighted by Gasteiger charge is -2.34. The summed E-state index contributed by atoms with van der Waals surface area (Å²) in [4.78, 5) is 51.2. The Morgan fingerprint density at radius 1 is 1.09 bits per heavy atom. The standard InChI is InChI=1S/C24H32N2O5S/c1-16(27)32-21(14-17-8-3-2-4-9-17)23(30)25-19-12-7-13-20(18-10-5-6-11-18)26(24(19)31)15-22(28)29/h2-4,8-9,18-21H,5-7,10-15H2,1H3,(H,25,30)(H,28,29)/t19-,20+,21+/m0/s1. The first-order chi connectivity index (χ1) is 15.3. The van der Waals surface area contributed by atoms with Gasteiger partial charge in [-0.05, 0) is 50.0 Å². The topological polar surface area (TPSA) is 104 Å². The Labute approximate surface area is 193 Å². The number of nitrogens with zero attached hydrogens (tertiary/aromatic N) is 1. The summed E-state index contributed by atoms with van der Waals surface area (Å²) in [5, 5.41) is 11.5. The van der Waals surface area contributed by atoms with Crippen LogP contribution in [0.2, 0.25) is 0 Å². The van der Waals surface area contributed by atoms with Gasteiger partial charge in [0.1, 0.15) is 12.6 Å². The predicted octanol–water partition coefficient (Wildman–Crippen LogP) is 3.02. The van der Waals surface area contributed by atoms with Crippen LogP contribution in [-0.4, -0.2) is 56.8 Å². The van der Waals surface area contributed by atoms with Crippen molar-refractivity contribution in [1.29, 1.82) is 0 Å². The van der Waals surface area contributed by atoms with Crippen LogP contribution in [0, 0.1) is 5.92 Å². The lowest BCUT2D eigenvalue weighted by molar-refractivity contribution is -0.148. The number of hydrogen-bond acceptors (Lipinski definition) is 5. The number of carboxylic acids is 1. The quantitative estimate of drug-likeness (QED) is 0.618. The maximum absolute atomic E-state index is 13.4. The number of likely N-dealkylation sites (tertiary alicyclic amines) is 1. The van der Waals surface area contributed by atoms with Gasteiger partial charge in [0.25, 0.3) is 0 Å². The number of amides is 2. The fourth-order valence-electron chi connectivity index (χ4n) is 4.96. The second-order valence-corrected chi connectivity index (χ2v) is 10.1. The lowest BCUT2D eigenvalue weighted by Crippen LogP contribution is -2.54. The highest BCUT2D eigenvalue weighted by atomic mass is 32.2. The number of hydrogen-bond donors (Lipinski definition) is 2. The lowest BCUT2D eigenvalue weighted by atomic mass is 9.93. The molecular formula is C24H32N2O5S. The van der Waals surface area contributed by atoms with Crippen LogP contribution in [0.3, 0.4) is 0 Å². The molecule has 32 heavy (non-hydrogen) atoms. The second-order valence-electron chi connectivity index (χ2n) is 8.75. The summed E-state index contributed by atoms with van der Waals surface area (Å²) < 4.78 is 0. The van der Waals surface area contributed by atoms with Gasteiger partial charge in [-0.2, -0.15) is 0 Å². The zero-order chi connectivity index (χ0) is 23.1. The van der Waals surface area contributed by atoms with Crippen molar-refractivity contribution in [3.8, 4) is 0 Å². The summed E-state index contributed by atoms with van der Waals surface area (Å²) in [5.74, 6) is -1.39. The highest BCUT2D eigenvalue weighted by Gasteiger charge is 2.39. The first kappa shape index (κ1) is 24.3. The van der Waals surface area contributed by atoms with Gasteiger partial charge in [-0.15, -0.1) is 0 Å². The average molecular weight is 461 g/mol. The molecule has 8 heteroatoms. The summed E-state index contributed by atoms with van der Waals surface area (Å²) in [7, 11) is 0. The fourth-order valence-corrected chi connectivity index (χ4v) is 5.81. The van der Waals surface area contributed by atoms with E-state index < -0.39 is 17.3 Å². The van der Waals surface area contributed by atoms with E-state index in [0.717, 1.165) is 55.9 Å². The van der Waals surface area contributed by atoms with E-state index in [-0.39, 0.29) is 29.5 Å². The molecule has 2 aliphatic rings. The van der Waals surface area contributed by atoms with Gasteiger partial charge < -0.3 is 15.3 Å². The van der Waals surface area contributed by atoms with Crippen molar-refractivity contribution in [3.63, 3.8) is 0 Å². The molecule has 3 rings (SSSR count). The van der Waals surface area contributed by atoms with E-state index in [2.05, 4.69) is 5.32 Å². The fraction of sp³-hybridized carbons (Fsp3) is 0.583. The SMILES string of the molecule is CC(=O)S[C@H](Cc1ccccc1)C(=O)N[C@H]1CCC[C@H](C2CCCC2)N(CC(=O)O)C1=O. The van der Waals surface area contributed by atoms with Crippen molar-refractivity contribution in [3.05, 3.63) is 35.9 Å². The normalized spacial score (nSPS) is 22.9. The van der Waals surface area contributed by atoms with Crippen molar-refractivity contribution in [2.75, 3.05) is 6.54 Å². The molecule has 1 aliphatic heterocycles. The smallest absolute Gasteiger partial charge is 0.323 e. The number of nitrogens with one attached hydrogen (secondary N) is 1. The van der Waals surface area contributed by atoms with Crippen LogP contribution in [0.4, 0.5) is 0 Å². The molecular weight excluding hydrogens is 428 g/mol. The van der Waals surface area contributed by atoms with Gasteiger partial charge in [0, 0.05) is 13.0 Å². The third-order valence-corrected chi connectivity index (χ3v) is 7.40. The average Bonchev–Trinajstić information content (AvgIpc) is 3.24. The predicted molar refractivity (Wildman–Crippen MR) is 123 cm³/mol. The zero-order valence-corrected chi connectivity index (χ0v) is 19.3. The van der Waals surface area contributed by atoms with E-state index in [1.54, 1.807) is 0 Å². The van der Waals surface area contributed by atoms with Crippen LogP contribution < -0.4 is 5.32 Å². The molecule has 1 heterocycles. The first-order valence-corrected chi connectivity index (χ1v) is 12.3. The van der Waals surface area contributed by atoms with E-state index in [1.807, 2.05) is 30.3 Å². The zero-order valence-electron chi connectivity index (χ0n) is 18.5. The Balaban J connectivity index is 1.74. The van der Waals surface area contributed by atoms with Gasteiger partial charge in [-0.1, -0.05) is 54.9 Å². The van der Waals surface area contributed by atoms with Crippen molar-refractivity contribution in [2.24, 2.45) is 5.92 Å². The summed E-state index contributed by atoms with van der Waals surface area (Å²) in [6.07, 6.45) is 6.61. The van der Waals surface area contributed by atoms with Gasteiger partial charge in [-0.3, -0.25) is 19.2 Å². The van der Waals surface area contributed by atoms with Crippen LogP contribution >= 0.6 is 11.8 Å². The van der Waals surface area contributed by atoms with E-state index >= 15 is 0 Å². The Hall–Kier alpha value is -2.35. The number of rotatable bonds is 8. The molecule has 1 aromatic rings. The van der Waals surface area contributed by atoms with Crippen LogP contribution in [0.15, 0.2) is 30.3 Å². The van der Waals surface area contributed by atoms with E-state index in [0.29, 0.717) is 18.8 Å². The Bertz CT molecular complexity index is 825. The van der Waals surface area contributed by atoms with Crippen LogP contribution in [-0.2, 0) is 25.6 Å². The van der Waals surface area contributed by atoms with Gasteiger partial charge in [0.15, 0.2) is 5.12 Å². The molecule has 174 valence electrons. The molecule has 0 spiro atoms. The first-order valence-electron chi connectivity index (χ1n) is 11.4. The molecule has 1 saturated heterocycles. The number of thioether (sulfide) groups is 1. The Morgan fingerprint density at radius 3 is 2.41 bits per heavy atom. The maximum atomic E-state index is 13.4. The monoisotopic (exact) mass is 460 g/mol. The van der Waals surface area contributed by atoms with Crippen LogP contribution in [0.25, 0.3) is 0 Å². The number of carboxylic acid groups (broad SMARTS) is 1. The van der Waals surface area contributed by atoms with E-state index in [4.69, 9.17) is 0 Å². The van der Waals surface area contributed by atoms with Gasteiger partial charge in [-0.25, -0.2) is 0 Å². The molecule has 1 aliphatic carbocycles. The minimum Gasteiger partial charge on any atom is -0.480 e. The summed E-state index contributed by atoms with van der Waals surface area (Å²) >= 11 is 0.960. The molecule has 2 N–H and O–H groups in total. The van der Waals surface area contributed by atoms with Crippen molar-refractivity contribution in [2.45, 2.75) is 75.6 Å². The van der Waals surface area contributed by atoms with Crippen molar-refractivity contribution < 1.29 is 24.3 Å². The van der Waals surface area contributed by atoms with Crippen LogP contribution in [0.1, 0.15) is 57.4 Å². The maximum Gasteiger partial charge on any atom is 0.323 e. The van der Waals surface area contributed by atoms with Gasteiger partial charge in [0.05, 0.1) is 5.25 Å². The van der Waals surface area contributed by atoms with Crippen LogP contribution in [0.5, 0.6) is 0 Å². The van der Waals surface area contributed by atoms with Gasteiger partial charge >= 0.3 is 5.97 Å². The molecule has 0 bridgehead atoms.